The number of rotatable bonds is 6. The van der Waals surface area contributed by atoms with Crippen LogP contribution in [0, 0.1) is 5.92 Å². The molecule has 4 fully saturated rings. The van der Waals surface area contributed by atoms with E-state index in [1.54, 1.807) is 0 Å². The van der Waals surface area contributed by atoms with Crippen LogP contribution in [0.15, 0.2) is 79.0 Å². The molecule has 11 rings (SSSR count). The van der Waals surface area contributed by atoms with Crippen LogP contribution in [-0.4, -0.2) is 92.2 Å². The first kappa shape index (κ1) is 38.6. The predicted octanol–water partition coefficient (Wildman–Crippen LogP) is 6.32. The van der Waals surface area contributed by atoms with Crippen molar-refractivity contribution in [1.82, 2.24) is 38.2 Å². The summed E-state index contributed by atoms with van der Waals surface area (Å²) in [4.78, 5) is 61.5. The number of imidazole rings is 2. The van der Waals surface area contributed by atoms with Gasteiger partial charge >= 0.3 is 228 Å². The van der Waals surface area contributed by atoms with E-state index in [9.17, 15) is 14.4 Å². The third-order valence-corrected chi connectivity index (χ3v) is 21.0. The van der Waals surface area contributed by atoms with Gasteiger partial charge in [-0.1, -0.05) is 36.4 Å². The fraction of sp³-hybridized carbons (Fsp3) is 0.370. The van der Waals surface area contributed by atoms with Crippen molar-refractivity contribution < 1.29 is 23.9 Å². The van der Waals surface area contributed by atoms with Gasteiger partial charge in [0.1, 0.15) is 11.9 Å². The van der Waals surface area contributed by atoms with Crippen LogP contribution in [0.2, 0.25) is 0 Å². The van der Waals surface area contributed by atoms with Gasteiger partial charge in [0.05, 0.1) is 17.9 Å². The molecule has 0 saturated carbocycles. The van der Waals surface area contributed by atoms with Crippen molar-refractivity contribution in [2.75, 3.05) is 25.1 Å². The molecule has 4 saturated heterocycles. The van der Waals surface area contributed by atoms with Crippen molar-refractivity contribution in [2.24, 2.45) is 11.7 Å². The van der Waals surface area contributed by atoms with Gasteiger partial charge in [0, 0.05) is 6.54 Å². The fourth-order valence-corrected chi connectivity index (χ4v) is 18.5. The summed E-state index contributed by atoms with van der Waals surface area (Å²) in [5.74, 6) is 1.49. The summed E-state index contributed by atoms with van der Waals surface area (Å²) in [6.07, 6.45) is 5.67. The normalized spacial score (nSPS) is 27.7. The number of nitrogens with two attached hydrogens (primary N) is 1. The topological polar surface area (TPSA) is 175 Å². The molecule has 3 amide bonds. The number of aromatic nitrogens is 4. The zero-order valence-electron chi connectivity index (χ0n) is 34.3. The van der Waals surface area contributed by atoms with Crippen molar-refractivity contribution in [3.63, 3.8) is 0 Å². The number of alkyl carbamates (subject to hydrolysis) is 1. The maximum atomic E-state index is 14.4. The third kappa shape index (κ3) is 5.94. The third-order valence-electron chi connectivity index (χ3n) is 13.8. The molecule has 61 heavy (non-hydrogen) atoms. The molecule has 0 spiro atoms. The molecule has 7 heterocycles. The van der Waals surface area contributed by atoms with Crippen LogP contribution in [0.5, 0.6) is 0 Å². The summed E-state index contributed by atoms with van der Waals surface area (Å²) in [6, 6.07) is 19.4. The number of amides is 3. The minimum absolute atomic E-state index is 0.0874. The van der Waals surface area contributed by atoms with E-state index in [1.807, 2.05) is 53.4 Å². The first-order valence-electron chi connectivity index (χ1n) is 20.9. The second kappa shape index (κ2) is 14.4. The SMILES string of the molecule is C=C1CI2[C@H]3[C@@H]1C[C@@](C)(c1nc4c5c(ccc4[nH]1)C=C1c4ccc(-c6cnc(C7CCCN7C(=O)[C@H](N)c7ccccc7)[nH]6)cc4COC1C5)N3C(=O)[C@@H](NC(=O)OC)N2C. The number of H-pyrrole nitrogens is 2. The Labute approximate surface area is 360 Å². The van der Waals surface area contributed by atoms with Gasteiger partial charge in [0.25, 0.3) is 0 Å². The van der Waals surface area contributed by atoms with Crippen LogP contribution in [0.3, 0.4) is 0 Å². The van der Waals surface area contributed by atoms with E-state index >= 15 is 0 Å². The first-order valence-corrected chi connectivity index (χ1v) is 24.6. The molecule has 7 atom stereocenters. The second-order valence-electron chi connectivity index (χ2n) is 17.2. The van der Waals surface area contributed by atoms with Crippen LogP contribution in [0.25, 0.3) is 33.9 Å². The number of benzene rings is 3. The van der Waals surface area contributed by atoms with E-state index in [-0.39, 0.29) is 33.9 Å². The van der Waals surface area contributed by atoms with E-state index in [0.29, 0.717) is 19.6 Å². The molecule has 3 aromatic carbocycles. The molecule has 0 radical (unpaired) electrons. The maximum absolute atomic E-state index is 14.4. The molecule has 5 aromatic rings. The van der Waals surface area contributed by atoms with Crippen molar-refractivity contribution >= 4 is 60.7 Å². The monoisotopic (exact) mass is 933 g/mol. The Kier molecular flexibility index (Phi) is 9.07. The molecule has 14 nitrogen and oxygen atoms in total. The number of likely N-dealkylation sites (tertiary alicyclic amines) is 1. The van der Waals surface area contributed by atoms with E-state index in [2.05, 4.69) is 68.3 Å². The molecular formula is C46H48IN9O5. The van der Waals surface area contributed by atoms with Gasteiger partial charge in [-0.3, -0.25) is 4.79 Å². The predicted molar refractivity (Wildman–Crippen MR) is 239 cm³/mol. The fourth-order valence-electron chi connectivity index (χ4n) is 10.6. The summed E-state index contributed by atoms with van der Waals surface area (Å²) in [5, 5.41) is 2.82. The molecule has 15 heteroatoms. The molecule has 314 valence electrons. The summed E-state index contributed by atoms with van der Waals surface area (Å²) in [6.45, 7) is 7.71. The summed E-state index contributed by atoms with van der Waals surface area (Å²) in [5.41, 5.74) is 17.1. The molecular weight excluding hydrogens is 885 g/mol. The van der Waals surface area contributed by atoms with Crippen LogP contribution in [0.1, 0.15) is 77.7 Å². The van der Waals surface area contributed by atoms with E-state index in [1.165, 1.54) is 18.2 Å². The number of ether oxygens (including phenoxy) is 2. The first-order chi connectivity index (χ1) is 29.5. The summed E-state index contributed by atoms with van der Waals surface area (Å²) < 4.78 is 14.7. The van der Waals surface area contributed by atoms with Crippen LogP contribution in [0.4, 0.5) is 4.79 Å². The van der Waals surface area contributed by atoms with Crippen LogP contribution >= 0.6 is 20.1 Å². The molecule has 1 aliphatic carbocycles. The standard InChI is InChI=1S/C46H48IN9O5/c1-24-21-47-39-32(24)20-46(2,56(39)43(58)41(54(47)3)53-45(59)60-4)44-51-33-15-13-26-18-31-29-14-12-27(17-28(29)23-61-36(31)19-30(26)38(33)52-44)34-22-49-40(50-34)35-11-8-16-55(35)42(57)37(48)25-9-6-5-7-10-25/h5-7,9-10,12-15,17-18,22,32,35-37,39,41H,1,8,11,16,19-21,23,48H2,2-4H3,(H,49,50)(H,51,52)(H,53,59)/t32-,35?,36?,37-,39-,41+,46+/m1/s1. The minimum atomic E-state index is -1.95. The number of alkyl halides is 2. The molecule has 5 aliphatic heterocycles. The number of halogens is 1. The number of methoxy groups -OCH3 is 1. The number of likely N-dealkylation sites (N-methyl/N-ethyl adjacent to an activating group) is 1. The van der Waals surface area contributed by atoms with Crippen LogP contribution < -0.4 is 11.1 Å². The quantitative estimate of drug-likeness (QED) is 0.0500. The Hall–Kier alpha value is -5.36. The van der Waals surface area contributed by atoms with Gasteiger partial charge in [-0.2, -0.15) is 0 Å². The Bertz CT molecular complexity index is 2690. The van der Waals surface area contributed by atoms with Gasteiger partial charge in [-0.05, 0) is 30.0 Å². The van der Waals surface area contributed by atoms with Gasteiger partial charge in [0.15, 0.2) is 0 Å². The zero-order chi connectivity index (χ0) is 41.9. The zero-order valence-corrected chi connectivity index (χ0v) is 36.4. The summed E-state index contributed by atoms with van der Waals surface area (Å²) >= 11 is -1.95. The molecule has 6 aliphatic rings. The van der Waals surface area contributed by atoms with E-state index in [0.717, 1.165) is 85.5 Å². The van der Waals surface area contributed by atoms with E-state index < -0.39 is 43.9 Å². The van der Waals surface area contributed by atoms with E-state index in [4.69, 9.17) is 25.2 Å². The molecule has 2 aromatic heterocycles. The molecule has 0 bridgehead atoms. The number of hydrogen-bond acceptors (Lipinski definition) is 9. The number of aromatic amines is 2. The number of hydrogen-bond donors (Lipinski definition) is 4. The average molecular weight is 934 g/mol. The molecule has 5 N–H and O–H groups in total. The number of nitrogens with one attached hydrogen (secondary N) is 3. The van der Waals surface area contributed by atoms with Gasteiger partial charge < -0.3 is 15.6 Å². The number of fused-ring (bicyclic) bond motifs is 6. The second-order valence-corrected chi connectivity index (χ2v) is 22.9. The number of carbonyl (C=O) groups is 3. The van der Waals surface area contributed by atoms with Crippen molar-refractivity contribution in [3.05, 3.63) is 118 Å². The average Bonchev–Trinajstić information content (AvgIpc) is 4.13. The van der Waals surface area contributed by atoms with Crippen molar-refractivity contribution in [1.29, 1.82) is 0 Å². The number of nitrogens with zero attached hydrogens (tertiary/aromatic N) is 5. The Balaban J connectivity index is 0.864. The Morgan fingerprint density at radius 2 is 1.98 bits per heavy atom. The number of carbonyl (C=O) groups excluding carboxylic acids is 3. The Morgan fingerprint density at radius 3 is 2.80 bits per heavy atom. The van der Waals surface area contributed by atoms with Gasteiger partial charge in [-0.15, -0.1) is 0 Å². The van der Waals surface area contributed by atoms with Gasteiger partial charge in [-0.25, -0.2) is 4.98 Å². The van der Waals surface area contributed by atoms with Crippen LogP contribution in [-0.2, 0) is 37.6 Å². The van der Waals surface area contributed by atoms with Gasteiger partial charge in [0.2, 0.25) is 5.91 Å². The summed E-state index contributed by atoms with van der Waals surface area (Å²) in [7, 11) is 3.28. The van der Waals surface area contributed by atoms with Crippen molar-refractivity contribution in [2.45, 2.75) is 73.2 Å². The molecule has 2 unspecified atom stereocenters. The Morgan fingerprint density at radius 1 is 1.15 bits per heavy atom. The van der Waals surface area contributed by atoms with Crippen molar-refractivity contribution in [3.8, 4) is 11.3 Å².